The van der Waals surface area contributed by atoms with Gasteiger partial charge in [0.05, 0.1) is 4.21 Å². The van der Waals surface area contributed by atoms with Crippen molar-refractivity contribution in [1.82, 2.24) is 20.2 Å². The Morgan fingerprint density at radius 1 is 1.11 bits per heavy atom. The molecular weight excluding hydrogens is 393 g/mol. The third kappa shape index (κ3) is 5.32. The first kappa shape index (κ1) is 19.9. The first-order valence-electron chi connectivity index (χ1n) is 8.66. The fourth-order valence-electron chi connectivity index (χ4n) is 2.43. The summed E-state index contributed by atoms with van der Waals surface area (Å²) in [6.07, 6.45) is 2.10. The number of hydrogen-bond donors (Lipinski definition) is 1. The number of H-pyrrole nitrogens is 1. The summed E-state index contributed by atoms with van der Waals surface area (Å²) in [4.78, 5) is 8.75. The second-order valence-corrected chi connectivity index (χ2v) is 8.44. The van der Waals surface area contributed by atoms with E-state index in [0.29, 0.717) is 5.69 Å². The van der Waals surface area contributed by atoms with Crippen molar-refractivity contribution in [1.29, 1.82) is 0 Å². The van der Waals surface area contributed by atoms with Gasteiger partial charge in [0.1, 0.15) is 5.69 Å². The predicted molar refractivity (Wildman–Crippen MR) is 103 cm³/mol. The molecule has 0 aliphatic heterocycles. The van der Waals surface area contributed by atoms with E-state index >= 15 is 0 Å². The summed E-state index contributed by atoms with van der Waals surface area (Å²) < 4.78 is 39.1. The summed E-state index contributed by atoms with van der Waals surface area (Å²) in [6, 6.07) is 7.61. The van der Waals surface area contributed by atoms with Crippen LogP contribution in [0.3, 0.4) is 0 Å². The van der Waals surface area contributed by atoms with E-state index in [0.717, 1.165) is 16.2 Å². The molecule has 3 heterocycles. The molecule has 0 unspecified atom stereocenters. The molecule has 1 N–H and O–H groups in total. The lowest BCUT2D eigenvalue weighted by molar-refractivity contribution is -0.144. The number of rotatable bonds is 8. The smallest absolute Gasteiger partial charge is 0.255 e. The van der Waals surface area contributed by atoms with Crippen LogP contribution in [0.2, 0.25) is 0 Å². The molecular formula is C18H19F3N4S2. The Morgan fingerprint density at radius 3 is 2.63 bits per heavy atom. The maximum atomic E-state index is 12.6. The molecule has 0 spiro atoms. The third-order valence-electron chi connectivity index (χ3n) is 3.85. The lowest BCUT2D eigenvalue weighted by atomic mass is 10.2. The first-order valence-corrected chi connectivity index (χ1v) is 10.5. The number of thioether (sulfide) groups is 1. The molecule has 0 aliphatic rings. The summed E-state index contributed by atoms with van der Waals surface area (Å²) in [5, 5.41) is 5.49. The Kier molecular flexibility index (Phi) is 6.54. The molecule has 3 rings (SSSR count). The fraction of sp³-hybridized carbons (Fsp3) is 0.389. The minimum atomic E-state index is -4.55. The second-order valence-electron chi connectivity index (χ2n) is 5.97. The van der Waals surface area contributed by atoms with E-state index in [4.69, 9.17) is 0 Å². The monoisotopic (exact) mass is 412 g/mol. The normalized spacial score (nSPS) is 11.9. The molecule has 3 aromatic rings. The van der Waals surface area contributed by atoms with Crippen LogP contribution in [-0.4, -0.2) is 25.9 Å². The van der Waals surface area contributed by atoms with Crippen LogP contribution in [0.1, 0.15) is 38.4 Å². The van der Waals surface area contributed by atoms with Crippen molar-refractivity contribution in [2.24, 2.45) is 0 Å². The summed E-state index contributed by atoms with van der Waals surface area (Å²) >= 11 is 3.55. The van der Waals surface area contributed by atoms with Crippen molar-refractivity contribution in [3.05, 3.63) is 36.3 Å². The van der Waals surface area contributed by atoms with Crippen LogP contribution >= 0.6 is 23.1 Å². The van der Waals surface area contributed by atoms with Crippen molar-refractivity contribution < 1.29 is 13.2 Å². The number of aromatic nitrogens is 4. The Morgan fingerprint density at radius 2 is 1.96 bits per heavy atom. The fourth-order valence-corrected chi connectivity index (χ4v) is 4.63. The van der Waals surface area contributed by atoms with Crippen LogP contribution in [0.15, 0.2) is 34.7 Å². The standard InChI is InChI=1S/C18H19F3N4S2/c1-2-3-4-5-10-26-15-9-8-14(27-15)12-6-7-13(22-11-12)16-23-17(25-24-16)18(19,20)21/h6-9,11H,2-5,10H2,1H3,(H,23,24,25). The van der Waals surface area contributed by atoms with Gasteiger partial charge in [-0.3, -0.25) is 10.1 Å². The van der Waals surface area contributed by atoms with Crippen molar-refractivity contribution in [2.75, 3.05) is 5.75 Å². The highest BCUT2D eigenvalue weighted by atomic mass is 32.2. The highest BCUT2D eigenvalue weighted by molar-refractivity contribution is 8.01. The number of aromatic amines is 1. The number of unbranched alkanes of at least 4 members (excludes halogenated alkanes) is 3. The van der Waals surface area contributed by atoms with Gasteiger partial charge in [0, 0.05) is 16.6 Å². The number of pyridine rings is 1. The van der Waals surface area contributed by atoms with E-state index in [1.807, 2.05) is 29.0 Å². The van der Waals surface area contributed by atoms with Crippen LogP contribution in [0, 0.1) is 0 Å². The highest BCUT2D eigenvalue weighted by Gasteiger charge is 2.35. The Hall–Kier alpha value is -1.87. The number of thiophene rings is 1. The average molecular weight is 413 g/mol. The summed E-state index contributed by atoms with van der Waals surface area (Å²) in [7, 11) is 0. The van der Waals surface area contributed by atoms with Gasteiger partial charge < -0.3 is 0 Å². The lowest BCUT2D eigenvalue weighted by Gasteiger charge is -2.00. The van der Waals surface area contributed by atoms with E-state index in [2.05, 4.69) is 28.1 Å². The van der Waals surface area contributed by atoms with Gasteiger partial charge in [0.2, 0.25) is 5.82 Å². The summed E-state index contributed by atoms with van der Waals surface area (Å²) in [5.41, 5.74) is 1.22. The maximum absolute atomic E-state index is 12.6. The lowest BCUT2D eigenvalue weighted by Crippen LogP contribution is -2.07. The number of nitrogens with zero attached hydrogens (tertiary/aromatic N) is 3. The van der Waals surface area contributed by atoms with E-state index in [1.54, 1.807) is 23.6 Å². The van der Waals surface area contributed by atoms with Crippen molar-refractivity contribution in [2.45, 2.75) is 43.0 Å². The zero-order chi connectivity index (χ0) is 19.3. The largest absolute Gasteiger partial charge is 0.451 e. The highest BCUT2D eigenvalue weighted by Crippen LogP contribution is 2.34. The summed E-state index contributed by atoms with van der Waals surface area (Å²) in [5.74, 6) is -0.0747. The quantitative estimate of drug-likeness (QED) is 0.349. The zero-order valence-corrected chi connectivity index (χ0v) is 16.3. The van der Waals surface area contributed by atoms with Gasteiger partial charge in [-0.25, -0.2) is 4.98 Å². The Balaban J connectivity index is 1.63. The number of hydrogen-bond acceptors (Lipinski definition) is 5. The molecule has 4 nitrogen and oxygen atoms in total. The molecule has 0 radical (unpaired) electrons. The Bertz CT molecular complexity index is 856. The van der Waals surface area contributed by atoms with Crippen LogP contribution in [0.4, 0.5) is 13.2 Å². The van der Waals surface area contributed by atoms with Gasteiger partial charge in [0.25, 0.3) is 0 Å². The molecule has 0 amide bonds. The van der Waals surface area contributed by atoms with Crippen molar-refractivity contribution >= 4 is 23.1 Å². The van der Waals surface area contributed by atoms with E-state index in [-0.39, 0.29) is 5.82 Å². The van der Waals surface area contributed by atoms with Gasteiger partial charge in [-0.05, 0) is 36.4 Å². The van der Waals surface area contributed by atoms with Crippen LogP contribution in [0.5, 0.6) is 0 Å². The maximum Gasteiger partial charge on any atom is 0.451 e. The van der Waals surface area contributed by atoms with E-state index in [9.17, 15) is 13.2 Å². The van der Waals surface area contributed by atoms with Gasteiger partial charge in [0.15, 0.2) is 5.82 Å². The number of halogens is 3. The average Bonchev–Trinajstić information content (AvgIpc) is 3.31. The molecule has 0 saturated heterocycles. The van der Waals surface area contributed by atoms with Crippen LogP contribution in [0.25, 0.3) is 22.0 Å². The SMILES string of the molecule is CCCCCCSc1ccc(-c2ccc(-c3n[nH]c(C(F)(F)F)n3)nc2)s1. The minimum absolute atomic E-state index is 0.0663. The second kappa shape index (κ2) is 8.88. The molecule has 27 heavy (non-hydrogen) atoms. The van der Waals surface area contributed by atoms with Crippen LogP contribution in [-0.2, 0) is 6.18 Å². The molecule has 144 valence electrons. The van der Waals surface area contributed by atoms with E-state index in [1.165, 1.54) is 29.9 Å². The third-order valence-corrected chi connectivity index (χ3v) is 6.30. The number of nitrogens with one attached hydrogen (secondary N) is 1. The predicted octanol–water partition coefficient (Wildman–Crippen LogP) is 6.29. The van der Waals surface area contributed by atoms with Crippen molar-refractivity contribution in [3.63, 3.8) is 0 Å². The van der Waals surface area contributed by atoms with Gasteiger partial charge >= 0.3 is 6.18 Å². The summed E-state index contributed by atoms with van der Waals surface area (Å²) in [6.45, 7) is 2.20. The van der Waals surface area contributed by atoms with Crippen molar-refractivity contribution in [3.8, 4) is 22.0 Å². The minimum Gasteiger partial charge on any atom is -0.255 e. The van der Waals surface area contributed by atoms with Crippen LogP contribution < -0.4 is 0 Å². The van der Waals surface area contributed by atoms with Gasteiger partial charge in [-0.1, -0.05) is 26.2 Å². The first-order chi connectivity index (χ1) is 13.0. The molecule has 0 saturated carbocycles. The Labute approximate surface area is 163 Å². The van der Waals surface area contributed by atoms with E-state index < -0.39 is 12.0 Å². The molecule has 3 aromatic heterocycles. The molecule has 0 fully saturated rings. The van der Waals surface area contributed by atoms with Gasteiger partial charge in [-0.2, -0.15) is 18.3 Å². The molecule has 0 bridgehead atoms. The molecule has 0 aliphatic carbocycles. The molecule has 0 aromatic carbocycles. The number of alkyl halides is 3. The zero-order valence-electron chi connectivity index (χ0n) is 14.7. The topological polar surface area (TPSA) is 54.5 Å². The van der Waals surface area contributed by atoms with Gasteiger partial charge in [-0.15, -0.1) is 23.1 Å². The molecule has 9 heteroatoms. The molecule has 0 atom stereocenters.